The Labute approximate surface area is 123 Å². The molecule has 0 bridgehead atoms. The van der Waals surface area contributed by atoms with Gasteiger partial charge in [-0.2, -0.15) is 0 Å². The van der Waals surface area contributed by atoms with Gasteiger partial charge in [-0.3, -0.25) is 4.79 Å². The molecular weight excluding hydrogens is 306 g/mol. The van der Waals surface area contributed by atoms with Gasteiger partial charge >= 0.3 is 0 Å². The summed E-state index contributed by atoms with van der Waals surface area (Å²) in [5, 5.41) is 12.0. The van der Waals surface area contributed by atoms with E-state index < -0.39 is 0 Å². The first-order chi connectivity index (χ1) is 8.94. The molecule has 0 fully saturated rings. The minimum atomic E-state index is -0.0623. The predicted molar refractivity (Wildman–Crippen MR) is 81.0 cm³/mol. The van der Waals surface area contributed by atoms with E-state index in [1.54, 1.807) is 0 Å². The number of aliphatic hydroxyl groups excluding tert-OH is 1. The van der Waals surface area contributed by atoms with Crippen molar-refractivity contribution in [2.45, 2.75) is 33.1 Å². The van der Waals surface area contributed by atoms with Crippen LogP contribution in [0.15, 0.2) is 28.7 Å². The maximum Gasteiger partial charge on any atom is 0.224 e. The van der Waals surface area contributed by atoms with Crippen LogP contribution in [-0.4, -0.2) is 24.2 Å². The van der Waals surface area contributed by atoms with Crippen LogP contribution in [0.3, 0.4) is 0 Å². The zero-order chi connectivity index (χ0) is 14.3. The molecular formula is C15H22BrNO2. The van der Waals surface area contributed by atoms with Crippen molar-refractivity contribution in [1.82, 2.24) is 5.32 Å². The second-order valence-corrected chi connectivity index (χ2v) is 6.40. The van der Waals surface area contributed by atoms with Gasteiger partial charge in [-0.15, -0.1) is 0 Å². The fraction of sp³-hybridized carbons (Fsp3) is 0.533. The van der Waals surface area contributed by atoms with Gasteiger partial charge in [0.15, 0.2) is 0 Å². The van der Waals surface area contributed by atoms with Gasteiger partial charge in [-0.1, -0.05) is 48.0 Å². The molecule has 2 N–H and O–H groups in total. The molecule has 0 saturated heterocycles. The molecule has 1 aromatic rings. The van der Waals surface area contributed by atoms with E-state index >= 15 is 0 Å². The summed E-state index contributed by atoms with van der Waals surface area (Å²) in [6, 6.07) is 7.74. The number of hydrogen-bond acceptors (Lipinski definition) is 2. The van der Waals surface area contributed by atoms with Gasteiger partial charge in [0.1, 0.15) is 0 Å². The highest BCUT2D eigenvalue weighted by molar-refractivity contribution is 9.10. The predicted octanol–water partition coefficient (Wildman–Crippen LogP) is 2.91. The molecule has 4 heteroatoms. The lowest BCUT2D eigenvalue weighted by Gasteiger charge is -2.21. The smallest absolute Gasteiger partial charge is 0.224 e. The maximum absolute atomic E-state index is 11.8. The van der Waals surface area contributed by atoms with Crippen LogP contribution in [0.1, 0.15) is 32.3 Å². The summed E-state index contributed by atoms with van der Waals surface area (Å²) in [4.78, 5) is 11.8. The molecule has 1 rings (SSSR count). The highest BCUT2D eigenvalue weighted by Crippen LogP contribution is 2.20. The monoisotopic (exact) mass is 327 g/mol. The van der Waals surface area contributed by atoms with E-state index in [2.05, 4.69) is 21.2 Å². The quantitative estimate of drug-likeness (QED) is 0.756. The van der Waals surface area contributed by atoms with Crippen LogP contribution >= 0.6 is 15.9 Å². The summed E-state index contributed by atoms with van der Waals surface area (Å²) in [6.07, 6.45) is 2.18. The van der Waals surface area contributed by atoms with Crippen LogP contribution < -0.4 is 5.32 Å². The Morgan fingerprint density at radius 3 is 2.68 bits per heavy atom. The number of rotatable bonds is 7. The van der Waals surface area contributed by atoms with Crippen LogP contribution in [0.4, 0.5) is 0 Å². The minimum absolute atomic E-state index is 0.0358. The van der Waals surface area contributed by atoms with Crippen molar-refractivity contribution in [1.29, 1.82) is 0 Å². The molecule has 0 aliphatic rings. The Kier molecular flexibility index (Phi) is 6.52. The molecule has 0 spiro atoms. The zero-order valence-corrected chi connectivity index (χ0v) is 13.2. The summed E-state index contributed by atoms with van der Waals surface area (Å²) >= 11 is 3.43. The summed E-state index contributed by atoms with van der Waals surface area (Å²) in [5.41, 5.74) is 0.934. The minimum Gasteiger partial charge on any atom is -0.396 e. The molecule has 106 valence electrons. The lowest BCUT2D eigenvalue weighted by molar-refractivity contribution is -0.120. The lowest BCUT2D eigenvalue weighted by Crippen LogP contribution is -2.27. The van der Waals surface area contributed by atoms with Crippen molar-refractivity contribution < 1.29 is 9.90 Å². The third kappa shape index (κ3) is 6.21. The molecule has 0 unspecified atom stereocenters. The van der Waals surface area contributed by atoms with Gasteiger partial charge < -0.3 is 10.4 Å². The van der Waals surface area contributed by atoms with Crippen molar-refractivity contribution in [3.8, 4) is 0 Å². The van der Waals surface area contributed by atoms with Crippen molar-refractivity contribution in [2.75, 3.05) is 13.2 Å². The fourth-order valence-corrected chi connectivity index (χ4v) is 2.18. The van der Waals surface area contributed by atoms with Crippen molar-refractivity contribution in [3.05, 3.63) is 34.3 Å². The van der Waals surface area contributed by atoms with Gasteiger partial charge in [0, 0.05) is 17.6 Å². The molecule has 0 heterocycles. The number of amides is 1. The first-order valence-corrected chi connectivity index (χ1v) is 7.35. The van der Waals surface area contributed by atoms with Crippen LogP contribution in [0, 0.1) is 5.41 Å². The third-order valence-electron chi connectivity index (χ3n) is 3.09. The number of carbonyl (C=O) groups is 1. The Balaban J connectivity index is 2.28. The molecule has 1 amide bonds. The van der Waals surface area contributed by atoms with Crippen molar-refractivity contribution >= 4 is 21.8 Å². The first kappa shape index (κ1) is 16.2. The molecule has 0 radical (unpaired) electrons. The van der Waals surface area contributed by atoms with Gasteiger partial charge in [0.25, 0.3) is 0 Å². The Bertz CT molecular complexity index is 418. The summed E-state index contributed by atoms with van der Waals surface area (Å²) in [5.74, 6) is 0.0358. The zero-order valence-electron chi connectivity index (χ0n) is 11.6. The molecule has 0 aliphatic carbocycles. The first-order valence-electron chi connectivity index (χ1n) is 6.55. The molecule has 19 heavy (non-hydrogen) atoms. The Hall–Kier alpha value is -0.870. The highest BCUT2D eigenvalue weighted by atomic mass is 79.9. The van der Waals surface area contributed by atoms with Gasteiger partial charge in [0.05, 0.1) is 6.42 Å². The molecule has 1 aromatic carbocycles. The standard InChI is InChI=1S/C15H22BrNO2/c1-15(2,11-18)8-5-9-17-14(19)10-12-6-3-4-7-13(12)16/h3-4,6-7,18H,5,8-11H2,1-2H3,(H,17,19). The van der Waals surface area contributed by atoms with Crippen LogP contribution in [0.25, 0.3) is 0 Å². The van der Waals surface area contributed by atoms with Crippen molar-refractivity contribution in [2.24, 2.45) is 5.41 Å². The maximum atomic E-state index is 11.8. The highest BCUT2D eigenvalue weighted by Gasteiger charge is 2.15. The molecule has 0 aliphatic heterocycles. The molecule has 0 aromatic heterocycles. The van der Waals surface area contributed by atoms with E-state index in [-0.39, 0.29) is 17.9 Å². The van der Waals surface area contributed by atoms with E-state index in [1.165, 1.54) is 0 Å². The average Bonchev–Trinajstić information content (AvgIpc) is 2.38. The number of hydrogen-bond donors (Lipinski definition) is 2. The van der Waals surface area contributed by atoms with Gasteiger partial charge in [0.2, 0.25) is 5.91 Å². The average molecular weight is 328 g/mol. The Morgan fingerprint density at radius 1 is 1.37 bits per heavy atom. The fourth-order valence-electron chi connectivity index (χ4n) is 1.75. The Morgan fingerprint density at radius 2 is 2.05 bits per heavy atom. The van der Waals surface area contributed by atoms with E-state index in [9.17, 15) is 4.79 Å². The SMILES string of the molecule is CC(C)(CO)CCCNC(=O)Cc1ccccc1Br. The summed E-state index contributed by atoms with van der Waals surface area (Å²) in [7, 11) is 0. The van der Waals surface area contributed by atoms with E-state index in [4.69, 9.17) is 5.11 Å². The summed E-state index contributed by atoms with van der Waals surface area (Å²) in [6.45, 7) is 4.89. The summed E-state index contributed by atoms with van der Waals surface area (Å²) < 4.78 is 0.964. The van der Waals surface area contributed by atoms with E-state index in [1.807, 2.05) is 38.1 Å². The molecule has 0 saturated carbocycles. The third-order valence-corrected chi connectivity index (χ3v) is 3.86. The van der Waals surface area contributed by atoms with E-state index in [0.29, 0.717) is 13.0 Å². The van der Waals surface area contributed by atoms with Gasteiger partial charge in [-0.25, -0.2) is 0 Å². The second-order valence-electron chi connectivity index (χ2n) is 5.54. The van der Waals surface area contributed by atoms with Crippen LogP contribution in [-0.2, 0) is 11.2 Å². The number of carbonyl (C=O) groups excluding carboxylic acids is 1. The molecule has 3 nitrogen and oxygen atoms in total. The number of nitrogens with one attached hydrogen (secondary N) is 1. The normalized spacial score (nSPS) is 11.4. The van der Waals surface area contributed by atoms with Crippen LogP contribution in [0.5, 0.6) is 0 Å². The van der Waals surface area contributed by atoms with Crippen molar-refractivity contribution in [3.63, 3.8) is 0 Å². The largest absolute Gasteiger partial charge is 0.396 e. The van der Waals surface area contributed by atoms with E-state index in [0.717, 1.165) is 22.9 Å². The number of halogens is 1. The molecule has 0 atom stereocenters. The van der Waals surface area contributed by atoms with Gasteiger partial charge in [-0.05, 0) is 29.9 Å². The lowest BCUT2D eigenvalue weighted by atomic mass is 9.89. The number of benzene rings is 1. The number of aliphatic hydroxyl groups is 1. The second kappa shape index (κ2) is 7.65. The topological polar surface area (TPSA) is 49.3 Å². The van der Waals surface area contributed by atoms with Crippen LogP contribution in [0.2, 0.25) is 0 Å².